The zero-order valence-electron chi connectivity index (χ0n) is 27.2. The standard InChI is InChI=1S/C20H19F2N2.13Rb/c1-12-5-6-15(18(22)9-12)11-19-20(14(3)23-24(19)4)17-8-7-16(21)10-13(17)2;;;;;;;;;;;;;/h5,7-10H,11H2,1-4H3;;;;;;;;;;;;;/q-1;;;;;;;;;;;;;+1. The summed E-state index contributed by atoms with van der Waals surface area (Å²) in [4.78, 5) is 0. The Morgan fingerprint density at radius 3 is 1.73 bits per heavy atom. The van der Waals surface area contributed by atoms with E-state index in [1.165, 1.54) is 18.2 Å². The van der Waals surface area contributed by atoms with Gasteiger partial charge in [-0.15, -0.1) is 11.6 Å². The predicted molar refractivity (Wildman–Crippen MR) is 160 cm³/mol. The molecule has 17 heteroatoms. The van der Waals surface area contributed by atoms with Crippen LogP contribution in [0.15, 0.2) is 30.3 Å². The Morgan fingerprint density at radius 1 is 0.811 bits per heavy atom. The van der Waals surface area contributed by atoms with Gasteiger partial charge in [0.1, 0.15) is 5.82 Å². The summed E-state index contributed by atoms with van der Waals surface area (Å²) in [6.45, 7) is 5.62. The van der Waals surface area contributed by atoms with Crippen molar-refractivity contribution in [3.8, 4) is 11.1 Å². The van der Waals surface area contributed by atoms with Crippen molar-refractivity contribution in [1.29, 1.82) is 0 Å². The monoisotopic (exact) mass is 1430 g/mol. The molecule has 0 aliphatic carbocycles. The van der Waals surface area contributed by atoms with Gasteiger partial charge in [0, 0.05) is 24.1 Å². The molecule has 0 amide bonds. The Kier molecular flexibility index (Phi) is 93.0. The van der Waals surface area contributed by atoms with Gasteiger partial charge >= 0.3 is 464 Å². The average molecular weight is 1440 g/mol. The van der Waals surface area contributed by atoms with Gasteiger partial charge in [-0.2, -0.15) is 22.8 Å². The summed E-state index contributed by atoms with van der Waals surface area (Å²) in [6, 6.07) is 11.0. The average Bonchev–Trinajstić information content (AvgIpc) is 3.20. The SMILES string of the molecule is Cc1c[c-]c(Cc2c(-c3ccc(F)cc3C)c(C)nn2C)c(F)c1.[Rb+].[Rb][Rb].[Rb][Rb].[Rb][Rb].[Rb][Rb].[Rb][Rb].[Rb][Rb]. The molecule has 37 heavy (non-hydrogen) atoms. The van der Waals surface area contributed by atoms with Crippen LogP contribution >= 0.6 is 0 Å². The number of halogens is 2. The van der Waals surface area contributed by atoms with Gasteiger partial charge in [0.05, 0.1) is 5.69 Å². The summed E-state index contributed by atoms with van der Waals surface area (Å²) in [5, 5.41) is 4.48. The number of hydrogen-bond donors (Lipinski definition) is 0. The molecule has 0 aliphatic heterocycles. The summed E-state index contributed by atoms with van der Waals surface area (Å²) in [5.41, 5.74) is 5.76. The predicted octanol–water partition coefficient (Wildman–Crippen LogP) is -2.88. The zero-order valence-corrected chi connectivity index (χ0v) is 91.2. The molecule has 0 saturated heterocycles. The van der Waals surface area contributed by atoms with Crippen LogP contribution < -0.4 is 58.2 Å². The Hall–Kier alpha value is 21.0. The molecule has 2 nitrogen and oxygen atoms in total. The van der Waals surface area contributed by atoms with E-state index in [0.717, 1.165) is 440 Å². The summed E-state index contributed by atoms with van der Waals surface area (Å²) in [7, 11) is 1.84. The van der Waals surface area contributed by atoms with E-state index in [-0.39, 0.29) is 69.8 Å². The van der Waals surface area contributed by atoms with Gasteiger partial charge in [-0.1, -0.05) is 13.0 Å². The van der Waals surface area contributed by atoms with Crippen molar-refractivity contribution in [2.75, 3.05) is 0 Å². The first-order valence-electron chi connectivity index (χ1n) is 13.8. The van der Waals surface area contributed by atoms with Crippen molar-refractivity contribution >= 4 is 406 Å². The molecule has 0 saturated carbocycles. The maximum atomic E-state index is 14.2. The first-order chi connectivity index (χ1) is 17.4. The second kappa shape index (κ2) is 51.3. The molecule has 1 heterocycles. The van der Waals surface area contributed by atoms with Crippen LogP contribution in [0, 0.1) is 38.5 Å². The topological polar surface area (TPSA) is 17.8 Å². The van der Waals surface area contributed by atoms with Gasteiger partial charge in [0.2, 0.25) is 0 Å². The molecule has 3 aromatic rings. The zero-order chi connectivity index (χ0) is 29.4. The minimum atomic E-state index is -0.268. The summed E-state index contributed by atoms with van der Waals surface area (Å²) >= 11 is 13.9. The van der Waals surface area contributed by atoms with Crippen molar-refractivity contribution in [1.82, 2.24) is 9.78 Å². The van der Waals surface area contributed by atoms with Crippen molar-refractivity contribution < 1.29 is 67.0 Å². The van der Waals surface area contributed by atoms with E-state index in [0.29, 0.717) is 12.0 Å². The van der Waals surface area contributed by atoms with E-state index in [4.69, 9.17) is 0 Å². The molecule has 0 bridgehead atoms. The van der Waals surface area contributed by atoms with Crippen molar-refractivity contribution in [3.05, 3.63) is 76.1 Å². The van der Waals surface area contributed by atoms with Gasteiger partial charge in [0.15, 0.2) is 0 Å². The van der Waals surface area contributed by atoms with Crippen LogP contribution in [0.3, 0.4) is 0 Å². The van der Waals surface area contributed by atoms with Crippen molar-refractivity contribution in [2.45, 2.75) is 27.2 Å². The fraction of sp³-hybridized carbons (Fsp3) is 0.250. The molecule has 0 atom stereocenters. The van der Waals surface area contributed by atoms with Crippen LogP contribution in [0.1, 0.15) is 28.1 Å². The first kappa shape index (κ1) is 67.1. The van der Waals surface area contributed by atoms with Crippen LogP contribution in [0.2, 0.25) is 0 Å². The second-order valence-corrected chi connectivity index (χ2v) is 6.17. The fourth-order valence-electron chi connectivity index (χ4n) is 3.07. The third-order valence-corrected chi connectivity index (χ3v) is 4.26. The Bertz CT molecular complexity index is 945. The van der Waals surface area contributed by atoms with Gasteiger partial charge in [-0.05, 0) is 43.5 Å². The van der Waals surface area contributed by atoms with E-state index in [2.05, 4.69) is 11.2 Å². The van der Waals surface area contributed by atoms with E-state index in [9.17, 15) is 8.78 Å². The summed E-state index contributed by atoms with van der Waals surface area (Å²) in [6.07, 6.45) is 0.385. The normalized spacial score (nSPS) is 8.49. The van der Waals surface area contributed by atoms with Gasteiger partial charge in [-0.3, -0.25) is 9.07 Å². The minimum absolute atomic E-state index is 0. The van der Waals surface area contributed by atoms with Gasteiger partial charge < -0.3 is 0 Å². The molecule has 0 unspecified atom stereocenters. The third-order valence-electron chi connectivity index (χ3n) is 4.26. The molecule has 0 fully saturated rings. The molecule has 0 N–H and O–H groups in total. The van der Waals surface area contributed by atoms with Crippen LogP contribution in [-0.2, 0) is 13.5 Å². The molecular formula is C20H19F2N2Rb13. The van der Waals surface area contributed by atoms with E-state index in [1.807, 2.05) is 27.8 Å². The second-order valence-electron chi connectivity index (χ2n) is 6.17. The number of benzene rings is 2. The summed E-state index contributed by atoms with van der Waals surface area (Å²) in [5.74, 6) is -0.534. The van der Waals surface area contributed by atoms with Crippen LogP contribution in [0.4, 0.5) is 8.78 Å². The van der Waals surface area contributed by atoms with Gasteiger partial charge in [0.25, 0.3) is 0 Å². The number of aryl methyl sites for hydroxylation is 4. The van der Waals surface area contributed by atoms with E-state index < -0.39 is 0 Å². The van der Waals surface area contributed by atoms with Crippen molar-refractivity contribution in [2.24, 2.45) is 7.05 Å². The van der Waals surface area contributed by atoms with Gasteiger partial charge in [-0.25, -0.2) is 4.39 Å². The van der Waals surface area contributed by atoms with Crippen molar-refractivity contribution in [3.63, 3.8) is 0 Å². The van der Waals surface area contributed by atoms with Crippen LogP contribution in [-0.4, -0.2) is 416 Å². The maximum absolute atomic E-state index is 14.2. The molecular weight excluding hydrogens is 1420 g/mol. The first-order valence-corrected chi connectivity index (χ1v) is 218. The number of aromatic nitrogens is 2. The van der Waals surface area contributed by atoms with Crippen LogP contribution in [0.5, 0.6) is 0 Å². The molecule has 136 valence electrons. The molecule has 0 radical (unpaired) electrons. The third kappa shape index (κ3) is 34.2. The Labute approximate surface area is 567 Å². The van der Waals surface area contributed by atoms with E-state index in [1.54, 1.807) is 16.8 Å². The molecule has 3 rings (SSSR count). The number of rotatable bonds is 3. The molecule has 2 aromatic carbocycles. The quantitative estimate of drug-likeness (QED) is 0.259. The Balaban J connectivity index is -0.000000232. The number of hydrogen-bond acceptors (Lipinski definition) is 1. The molecule has 1 aromatic heterocycles. The summed E-state index contributed by atoms with van der Waals surface area (Å²) < 4.78 is 29.4. The fourth-order valence-corrected chi connectivity index (χ4v) is 3.07. The number of nitrogens with zero attached hydrogens (tertiary/aromatic N) is 2. The molecule has 0 aliphatic rings. The van der Waals surface area contributed by atoms with E-state index >= 15 is 0 Å². The Morgan fingerprint density at radius 2 is 1.30 bits per heavy atom. The molecule has 0 spiro atoms. The van der Waals surface area contributed by atoms with Crippen LogP contribution in [0.25, 0.3) is 11.1 Å².